The minimum Gasteiger partial charge on any atom is -0.349 e. The van der Waals surface area contributed by atoms with Crippen LogP contribution >= 0.6 is 0 Å². The molecule has 0 aliphatic rings. The zero-order chi connectivity index (χ0) is 17.4. The molecule has 0 spiro atoms. The Morgan fingerprint density at radius 3 is 2.54 bits per heavy atom. The maximum atomic E-state index is 12.9. The second kappa shape index (κ2) is 8.76. The highest BCUT2D eigenvalue weighted by molar-refractivity contribution is 5.83. The van der Waals surface area contributed by atoms with Crippen LogP contribution in [0.5, 0.6) is 0 Å². The first kappa shape index (κ1) is 17.6. The van der Waals surface area contributed by atoms with E-state index >= 15 is 0 Å². The van der Waals surface area contributed by atoms with Crippen molar-refractivity contribution >= 4 is 11.8 Å². The van der Waals surface area contributed by atoms with Crippen molar-refractivity contribution < 1.29 is 14.0 Å². The Balaban J connectivity index is 1.82. The molecule has 0 bridgehead atoms. The van der Waals surface area contributed by atoms with Crippen molar-refractivity contribution in [2.24, 2.45) is 0 Å². The number of benzene rings is 1. The van der Waals surface area contributed by atoms with Crippen LogP contribution in [0.4, 0.5) is 4.39 Å². The third-order valence-electron chi connectivity index (χ3n) is 3.56. The quantitative estimate of drug-likeness (QED) is 0.844. The van der Waals surface area contributed by atoms with E-state index in [0.29, 0.717) is 19.5 Å². The molecular formula is C18H20FN3O2. The summed E-state index contributed by atoms with van der Waals surface area (Å²) in [5.74, 6) is -0.712. The van der Waals surface area contributed by atoms with Crippen LogP contribution in [0.25, 0.3) is 0 Å². The van der Waals surface area contributed by atoms with Crippen molar-refractivity contribution in [1.29, 1.82) is 0 Å². The lowest BCUT2D eigenvalue weighted by Gasteiger charge is -2.20. The average Bonchev–Trinajstić information content (AvgIpc) is 2.59. The number of hydrogen-bond donors (Lipinski definition) is 1. The number of hydrogen-bond acceptors (Lipinski definition) is 3. The molecule has 1 N–H and O–H groups in total. The SMILES string of the molecule is CC(=O)N(CCc1ccc(F)cc1)CC(=O)NCc1ccccn1. The molecule has 1 aromatic carbocycles. The first-order valence-corrected chi connectivity index (χ1v) is 7.71. The molecule has 126 valence electrons. The van der Waals surface area contributed by atoms with Gasteiger partial charge in [-0.2, -0.15) is 0 Å². The van der Waals surface area contributed by atoms with E-state index in [1.165, 1.54) is 24.0 Å². The molecule has 5 nitrogen and oxygen atoms in total. The summed E-state index contributed by atoms with van der Waals surface area (Å²) in [7, 11) is 0. The summed E-state index contributed by atoms with van der Waals surface area (Å²) in [6, 6.07) is 11.6. The number of pyridine rings is 1. The molecule has 0 atom stereocenters. The second-order valence-electron chi connectivity index (χ2n) is 5.41. The molecule has 6 heteroatoms. The van der Waals surface area contributed by atoms with E-state index in [1.807, 2.05) is 12.1 Å². The highest BCUT2D eigenvalue weighted by Crippen LogP contribution is 2.05. The van der Waals surface area contributed by atoms with Crippen LogP contribution in [0.2, 0.25) is 0 Å². The minimum atomic E-state index is -0.295. The number of carbonyl (C=O) groups excluding carboxylic acids is 2. The third-order valence-corrected chi connectivity index (χ3v) is 3.56. The smallest absolute Gasteiger partial charge is 0.239 e. The van der Waals surface area contributed by atoms with Gasteiger partial charge in [-0.05, 0) is 36.2 Å². The van der Waals surface area contributed by atoms with Gasteiger partial charge in [0, 0.05) is 19.7 Å². The minimum absolute atomic E-state index is 0.0106. The largest absolute Gasteiger partial charge is 0.349 e. The molecule has 2 amide bonds. The van der Waals surface area contributed by atoms with Crippen molar-refractivity contribution in [3.05, 3.63) is 65.7 Å². The zero-order valence-electron chi connectivity index (χ0n) is 13.5. The fraction of sp³-hybridized carbons (Fsp3) is 0.278. The molecule has 0 aliphatic carbocycles. The third kappa shape index (κ3) is 5.79. The summed E-state index contributed by atoms with van der Waals surface area (Å²) in [5.41, 5.74) is 1.67. The Morgan fingerprint density at radius 1 is 1.17 bits per heavy atom. The van der Waals surface area contributed by atoms with Crippen molar-refractivity contribution in [1.82, 2.24) is 15.2 Å². The summed E-state index contributed by atoms with van der Waals surface area (Å²) in [4.78, 5) is 29.3. The number of aromatic nitrogens is 1. The Labute approximate surface area is 140 Å². The topological polar surface area (TPSA) is 62.3 Å². The maximum absolute atomic E-state index is 12.9. The molecule has 0 aliphatic heterocycles. The van der Waals surface area contributed by atoms with Gasteiger partial charge in [0.1, 0.15) is 5.82 Å². The summed E-state index contributed by atoms with van der Waals surface area (Å²) >= 11 is 0. The van der Waals surface area contributed by atoms with Gasteiger partial charge in [0.25, 0.3) is 0 Å². The van der Waals surface area contributed by atoms with Crippen LogP contribution in [0.1, 0.15) is 18.2 Å². The van der Waals surface area contributed by atoms with Gasteiger partial charge in [0.05, 0.1) is 18.8 Å². The monoisotopic (exact) mass is 329 g/mol. The van der Waals surface area contributed by atoms with Crippen LogP contribution in [0.3, 0.4) is 0 Å². The first-order valence-electron chi connectivity index (χ1n) is 7.71. The van der Waals surface area contributed by atoms with Gasteiger partial charge in [-0.3, -0.25) is 14.6 Å². The van der Waals surface area contributed by atoms with E-state index in [2.05, 4.69) is 10.3 Å². The number of carbonyl (C=O) groups is 2. The fourth-order valence-electron chi connectivity index (χ4n) is 2.18. The standard InChI is InChI=1S/C18H20FN3O2/c1-14(23)22(11-9-15-5-7-16(19)8-6-15)13-18(24)21-12-17-4-2-3-10-20-17/h2-8,10H,9,11-13H2,1H3,(H,21,24). The Hall–Kier alpha value is -2.76. The molecule has 0 unspecified atom stereocenters. The number of nitrogens with zero attached hydrogens (tertiary/aromatic N) is 2. The van der Waals surface area contributed by atoms with Gasteiger partial charge < -0.3 is 10.2 Å². The van der Waals surface area contributed by atoms with E-state index in [1.54, 1.807) is 24.4 Å². The Bertz CT molecular complexity index is 674. The fourth-order valence-corrected chi connectivity index (χ4v) is 2.18. The second-order valence-corrected chi connectivity index (χ2v) is 5.41. The molecular weight excluding hydrogens is 309 g/mol. The van der Waals surface area contributed by atoms with E-state index < -0.39 is 0 Å². The van der Waals surface area contributed by atoms with Crippen molar-refractivity contribution in [3.63, 3.8) is 0 Å². The van der Waals surface area contributed by atoms with Crippen LogP contribution in [-0.4, -0.2) is 34.8 Å². The summed E-state index contributed by atoms with van der Waals surface area (Å²) in [6.07, 6.45) is 2.22. The summed E-state index contributed by atoms with van der Waals surface area (Å²) < 4.78 is 12.9. The molecule has 0 radical (unpaired) electrons. The van der Waals surface area contributed by atoms with Gasteiger partial charge in [0.2, 0.25) is 11.8 Å². The normalized spacial score (nSPS) is 10.2. The van der Waals surface area contributed by atoms with E-state index in [0.717, 1.165) is 11.3 Å². The molecule has 1 aromatic heterocycles. The Kier molecular flexibility index (Phi) is 6.42. The highest BCUT2D eigenvalue weighted by atomic mass is 19.1. The molecule has 0 fully saturated rings. The average molecular weight is 329 g/mol. The predicted molar refractivity (Wildman–Crippen MR) is 88.4 cm³/mol. The number of nitrogens with one attached hydrogen (secondary N) is 1. The maximum Gasteiger partial charge on any atom is 0.239 e. The number of halogens is 1. The summed E-state index contributed by atoms with van der Waals surface area (Å²) in [6.45, 7) is 2.14. The van der Waals surface area contributed by atoms with Crippen molar-refractivity contribution in [2.75, 3.05) is 13.1 Å². The van der Waals surface area contributed by atoms with Gasteiger partial charge in [-0.1, -0.05) is 18.2 Å². The first-order chi connectivity index (χ1) is 11.5. The lowest BCUT2D eigenvalue weighted by molar-refractivity contribution is -0.134. The molecule has 24 heavy (non-hydrogen) atoms. The molecule has 2 aromatic rings. The van der Waals surface area contributed by atoms with Crippen LogP contribution in [0.15, 0.2) is 48.7 Å². The molecule has 0 saturated carbocycles. The summed E-state index contributed by atoms with van der Waals surface area (Å²) in [5, 5.41) is 2.75. The van der Waals surface area contributed by atoms with Crippen LogP contribution < -0.4 is 5.32 Å². The van der Waals surface area contributed by atoms with Crippen LogP contribution in [-0.2, 0) is 22.6 Å². The van der Waals surface area contributed by atoms with E-state index in [-0.39, 0.29) is 24.2 Å². The lowest BCUT2D eigenvalue weighted by atomic mass is 10.1. The predicted octanol–water partition coefficient (Wildman–Crippen LogP) is 1.93. The van der Waals surface area contributed by atoms with Gasteiger partial charge in [0.15, 0.2) is 0 Å². The van der Waals surface area contributed by atoms with Gasteiger partial charge in [-0.25, -0.2) is 4.39 Å². The van der Waals surface area contributed by atoms with Crippen molar-refractivity contribution in [3.8, 4) is 0 Å². The van der Waals surface area contributed by atoms with Gasteiger partial charge in [-0.15, -0.1) is 0 Å². The van der Waals surface area contributed by atoms with Gasteiger partial charge >= 0.3 is 0 Å². The van der Waals surface area contributed by atoms with E-state index in [4.69, 9.17) is 0 Å². The Morgan fingerprint density at radius 2 is 1.92 bits per heavy atom. The zero-order valence-corrected chi connectivity index (χ0v) is 13.5. The highest BCUT2D eigenvalue weighted by Gasteiger charge is 2.13. The molecule has 2 rings (SSSR count). The lowest BCUT2D eigenvalue weighted by Crippen LogP contribution is -2.40. The molecule has 0 saturated heterocycles. The van der Waals surface area contributed by atoms with Crippen molar-refractivity contribution in [2.45, 2.75) is 19.9 Å². The molecule has 1 heterocycles. The van der Waals surface area contributed by atoms with E-state index in [9.17, 15) is 14.0 Å². The number of rotatable bonds is 7. The van der Waals surface area contributed by atoms with Crippen LogP contribution in [0, 0.1) is 5.82 Å². The number of amides is 2.